The van der Waals surface area contributed by atoms with Gasteiger partial charge in [-0.05, 0) is 98.8 Å². The minimum absolute atomic E-state index is 0.238. The molecule has 17 rings (SSSR count). The maximum atomic E-state index is 12.5. The number of nitriles is 2. The van der Waals surface area contributed by atoms with Crippen LogP contribution in [0.3, 0.4) is 0 Å². The highest BCUT2D eigenvalue weighted by Crippen LogP contribution is 2.50. The maximum absolute atomic E-state index is 12.5. The van der Waals surface area contributed by atoms with Gasteiger partial charge in [0.1, 0.15) is 34.5 Å². The second-order valence-electron chi connectivity index (χ2n) is 20.7. The van der Waals surface area contributed by atoms with Gasteiger partial charge in [-0.2, -0.15) is 10.5 Å². The second-order valence-corrected chi connectivity index (χ2v) is 20.7. The Morgan fingerprint density at radius 2 is 0.577 bits per heavy atom. The molecule has 0 saturated heterocycles. The van der Waals surface area contributed by atoms with Crippen molar-refractivity contribution in [3.05, 3.63) is 229 Å². The number of aromatic nitrogens is 4. The molecule has 78 heavy (non-hydrogen) atoms. The minimum atomic E-state index is 0.238. The second kappa shape index (κ2) is 15.4. The Bertz CT molecular complexity index is 5180. The van der Waals surface area contributed by atoms with Crippen molar-refractivity contribution in [1.82, 2.24) is 18.3 Å². The van der Waals surface area contributed by atoms with Crippen LogP contribution in [0.15, 0.2) is 215 Å². The van der Waals surface area contributed by atoms with E-state index in [-0.39, 0.29) is 11.1 Å². The summed E-state index contributed by atoms with van der Waals surface area (Å²) in [6.07, 6.45) is 0. The van der Waals surface area contributed by atoms with Gasteiger partial charge < -0.3 is 27.1 Å². The Balaban J connectivity index is 1.20. The number of rotatable bonds is 4. The first-order chi connectivity index (χ1) is 38.4. The largest absolute Gasteiger partial charge is 0.456 e. The van der Waals surface area contributed by atoms with E-state index in [1.807, 2.05) is 36.4 Å². The van der Waals surface area contributed by atoms with Crippen LogP contribution in [-0.4, -0.2) is 18.3 Å². The van der Waals surface area contributed by atoms with Gasteiger partial charge in [0.25, 0.3) is 0 Å². The van der Waals surface area contributed by atoms with Crippen molar-refractivity contribution >= 4 is 131 Å². The average molecular weight is 997 g/mol. The molecular formula is C70H40N6O2. The van der Waals surface area contributed by atoms with Crippen molar-refractivity contribution in [2.75, 3.05) is 0 Å². The molecular weight excluding hydrogens is 957 g/mol. The van der Waals surface area contributed by atoms with Crippen molar-refractivity contribution in [2.45, 2.75) is 13.8 Å². The zero-order valence-corrected chi connectivity index (χ0v) is 42.1. The predicted octanol–water partition coefficient (Wildman–Crippen LogP) is 18.2. The van der Waals surface area contributed by atoms with Crippen LogP contribution in [0.25, 0.3) is 154 Å². The number of furan rings is 2. The molecule has 6 aromatic heterocycles. The lowest BCUT2D eigenvalue weighted by Crippen LogP contribution is -2.17. The number of aryl methyl sites for hydroxylation is 2. The fraction of sp³-hybridized carbons (Fsp3) is 0.0286. The van der Waals surface area contributed by atoms with E-state index in [0.29, 0.717) is 11.4 Å². The molecule has 0 unspecified atom stereocenters. The molecule has 11 aromatic carbocycles. The summed E-state index contributed by atoms with van der Waals surface area (Å²) in [4.78, 5) is 0. The summed E-state index contributed by atoms with van der Waals surface area (Å²) in [5, 5.41) is 37.0. The van der Waals surface area contributed by atoms with Gasteiger partial charge >= 0.3 is 0 Å². The molecule has 0 bridgehead atoms. The Kier molecular flexibility index (Phi) is 8.40. The Hall–Kier alpha value is -10.8. The molecule has 0 saturated carbocycles. The summed E-state index contributed by atoms with van der Waals surface area (Å²) >= 11 is 0. The molecule has 8 nitrogen and oxygen atoms in total. The van der Waals surface area contributed by atoms with E-state index in [2.05, 4.69) is 214 Å². The molecule has 0 atom stereocenters. The maximum Gasteiger partial charge on any atom is 0.136 e. The van der Waals surface area contributed by atoms with E-state index in [0.717, 1.165) is 154 Å². The van der Waals surface area contributed by atoms with Gasteiger partial charge in [-0.25, -0.2) is 0 Å². The van der Waals surface area contributed by atoms with E-state index >= 15 is 0 Å². The predicted molar refractivity (Wildman–Crippen MR) is 317 cm³/mol. The fourth-order valence-electron chi connectivity index (χ4n) is 13.3. The van der Waals surface area contributed by atoms with Crippen LogP contribution in [0.1, 0.15) is 22.3 Å². The third-order valence-electron chi connectivity index (χ3n) is 16.5. The lowest BCUT2D eigenvalue weighted by molar-refractivity contribution is 0.669. The molecule has 0 N–H and O–H groups in total. The van der Waals surface area contributed by atoms with Crippen LogP contribution in [0.4, 0.5) is 0 Å². The molecule has 0 aliphatic heterocycles. The number of para-hydroxylation sites is 6. The quantitative estimate of drug-likeness (QED) is 0.176. The van der Waals surface area contributed by atoms with Gasteiger partial charge in [0.15, 0.2) is 0 Å². The number of nitrogens with zero attached hydrogens (tertiary/aromatic N) is 6. The lowest BCUT2D eigenvalue weighted by atomic mass is 9.98. The molecule has 8 heteroatoms. The highest BCUT2D eigenvalue weighted by atomic mass is 16.3. The van der Waals surface area contributed by atoms with Crippen molar-refractivity contribution in [2.24, 2.45) is 0 Å². The highest BCUT2D eigenvalue weighted by Gasteiger charge is 2.35. The first kappa shape index (κ1) is 42.5. The molecule has 0 fully saturated rings. The van der Waals surface area contributed by atoms with Crippen molar-refractivity contribution in [1.29, 1.82) is 10.5 Å². The topological polar surface area (TPSA) is 93.6 Å². The van der Waals surface area contributed by atoms with Gasteiger partial charge in [-0.15, -0.1) is 0 Å². The van der Waals surface area contributed by atoms with E-state index in [9.17, 15) is 10.5 Å². The van der Waals surface area contributed by atoms with Crippen LogP contribution in [0.5, 0.6) is 0 Å². The van der Waals surface area contributed by atoms with Crippen LogP contribution in [0, 0.1) is 36.5 Å². The molecule has 0 radical (unpaired) electrons. The molecule has 17 aromatic rings. The van der Waals surface area contributed by atoms with Crippen LogP contribution >= 0.6 is 0 Å². The van der Waals surface area contributed by atoms with Crippen LogP contribution < -0.4 is 0 Å². The number of hydrogen-bond acceptors (Lipinski definition) is 4. The summed E-state index contributed by atoms with van der Waals surface area (Å²) in [6.45, 7) is 4.23. The zero-order valence-electron chi connectivity index (χ0n) is 42.1. The molecule has 0 spiro atoms. The summed E-state index contributed by atoms with van der Waals surface area (Å²) in [5.41, 5.74) is 15.7. The fourth-order valence-corrected chi connectivity index (χ4v) is 13.3. The minimum Gasteiger partial charge on any atom is -0.456 e. The smallest absolute Gasteiger partial charge is 0.136 e. The van der Waals surface area contributed by atoms with Crippen molar-refractivity contribution < 1.29 is 8.83 Å². The van der Waals surface area contributed by atoms with E-state index < -0.39 is 0 Å². The van der Waals surface area contributed by atoms with Gasteiger partial charge in [-0.1, -0.05) is 132 Å². The molecule has 362 valence electrons. The number of benzene rings is 11. The van der Waals surface area contributed by atoms with Crippen LogP contribution in [-0.2, 0) is 0 Å². The number of fused-ring (bicyclic) bond motifs is 18. The third-order valence-corrected chi connectivity index (χ3v) is 16.5. The monoisotopic (exact) mass is 996 g/mol. The highest BCUT2D eigenvalue weighted by molar-refractivity contribution is 6.21. The molecule has 0 amide bonds. The number of hydrogen-bond donors (Lipinski definition) is 0. The average Bonchev–Trinajstić information content (AvgIpc) is 4.36. The normalized spacial score (nSPS) is 12.2. The first-order valence-electron chi connectivity index (χ1n) is 26.2. The SMILES string of the molecule is Cc1ccc2c(c1)c1cc3oc4ccccc4c3cc1n2-c1c(C#N)c(C#N)c(-n2c3ccc(C)cc3c3cc4oc5ccccc5c4cc32)c(-n2c3ccccc3c3ccccc32)c1-n1c2ccccc2c2ccccc21. The van der Waals surface area contributed by atoms with Crippen molar-refractivity contribution in [3.8, 4) is 34.9 Å². The molecule has 0 aliphatic rings. The van der Waals surface area contributed by atoms with E-state index in [1.165, 1.54) is 0 Å². The summed E-state index contributed by atoms with van der Waals surface area (Å²) in [6, 6.07) is 77.9. The molecule has 0 aliphatic carbocycles. The Labute approximate surface area is 443 Å². The first-order valence-corrected chi connectivity index (χ1v) is 26.2. The van der Waals surface area contributed by atoms with E-state index in [4.69, 9.17) is 8.83 Å². The van der Waals surface area contributed by atoms with E-state index in [1.54, 1.807) is 0 Å². The Morgan fingerprint density at radius 3 is 0.949 bits per heavy atom. The summed E-state index contributed by atoms with van der Waals surface area (Å²) in [7, 11) is 0. The zero-order chi connectivity index (χ0) is 51.7. The third kappa shape index (κ3) is 5.49. The standard InChI is InChI=1S/C70H40N6O2/c1-39-27-29-59-47(31-39)49-35-65-51(45-19-7-13-25-63(45)77-65)33-61(49)75(59)67-53(37-71)54(38-72)68(76-60-30-28-40(2)32-48(60)50-36-66-52(34-62(50)76)46-20-8-14-26-64(46)78-66)70(74-57-23-11-5-17-43(57)44-18-6-12-24-58(44)74)69(67)73-55-21-9-3-15-41(55)42-16-4-10-22-56(42)73/h3-36H,1-2H3. The van der Waals surface area contributed by atoms with Gasteiger partial charge in [0.05, 0.1) is 78.0 Å². The van der Waals surface area contributed by atoms with Gasteiger partial charge in [0.2, 0.25) is 0 Å². The summed E-state index contributed by atoms with van der Waals surface area (Å²) < 4.78 is 22.5. The van der Waals surface area contributed by atoms with Gasteiger partial charge in [0, 0.05) is 64.6 Å². The molecule has 6 heterocycles. The van der Waals surface area contributed by atoms with Gasteiger partial charge in [-0.3, -0.25) is 0 Å². The van der Waals surface area contributed by atoms with Crippen LogP contribution in [0.2, 0.25) is 0 Å². The Morgan fingerprint density at radius 1 is 0.269 bits per heavy atom. The summed E-state index contributed by atoms with van der Waals surface area (Å²) in [5.74, 6) is 0. The lowest BCUT2D eigenvalue weighted by Gasteiger charge is -2.27. The van der Waals surface area contributed by atoms with Crippen molar-refractivity contribution in [3.63, 3.8) is 0 Å².